The largest absolute Gasteiger partial charge is 0.485 e. The van der Waals surface area contributed by atoms with Crippen molar-refractivity contribution in [2.45, 2.75) is 12.5 Å². The van der Waals surface area contributed by atoms with Crippen molar-refractivity contribution in [3.8, 4) is 5.75 Å². The van der Waals surface area contributed by atoms with Crippen LogP contribution in [-0.2, 0) is 0 Å². The van der Waals surface area contributed by atoms with Gasteiger partial charge in [-0.25, -0.2) is 5.43 Å². The highest BCUT2D eigenvalue weighted by molar-refractivity contribution is 6.30. The maximum atomic E-state index is 12.4. The van der Waals surface area contributed by atoms with Crippen LogP contribution in [0.4, 0.5) is 0 Å². The number of nitrogens with one attached hydrogen (secondary N) is 1. The number of carbonyl (C=O) groups excluding carboxylic acids is 1. The second-order valence-electron chi connectivity index (χ2n) is 6.22. The van der Waals surface area contributed by atoms with Gasteiger partial charge in [0.1, 0.15) is 11.9 Å². The molecule has 1 amide bonds. The summed E-state index contributed by atoms with van der Waals surface area (Å²) in [5.74, 6) is 0.483. The van der Waals surface area contributed by atoms with Crippen molar-refractivity contribution in [1.82, 2.24) is 5.43 Å². The first-order valence-electron chi connectivity index (χ1n) is 8.64. The van der Waals surface area contributed by atoms with E-state index >= 15 is 0 Å². The van der Waals surface area contributed by atoms with Crippen LogP contribution in [-0.4, -0.2) is 11.6 Å². The first-order chi connectivity index (χ1) is 13.2. The Morgan fingerprint density at radius 1 is 0.963 bits per heavy atom. The molecule has 1 aliphatic rings. The summed E-state index contributed by atoms with van der Waals surface area (Å²) in [6.45, 7) is 0. The summed E-state index contributed by atoms with van der Waals surface area (Å²) in [4.78, 5) is 12.4. The van der Waals surface area contributed by atoms with E-state index in [1.54, 1.807) is 24.3 Å². The van der Waals surface area contributed by atoms with Gasteiger partial charge in [-0.2, -0.15) is 5.10 Å². The molecule has 0 radical (unpaired) electrons. The van der Waals surface area contributed by atoms with Crippen molar-refractivity contribution in [1.29, 1.82) is 0 Å². The van der Waals surface area contributed by atoms with Crippen LogP contribution in [0, 0.1) is 0 Å². The topological polar surface area (TPSA) is 50.7 Å². The Hall–Kier alpha value is -3.11. The van der Waals surface area contributed by atoms with Crippen molar-refractivity contribution < 1.29 is 9.53 Å². The van der Waals surface area contributed by atoms with Crippen LogP contribution in [0.25, 0.3) is 0 Å². The van der Waals surface area contributed by atoms with E-state index in [0.29, 0.717) is 17.0 Å². The monoisotopic (exact) mass is 376 g/mol. The summed E-state index contributed by atoms with van der Waals surface area (Å²) in [6, 6.07) is 24.4. The molecule has 1 N–H and O–H groups in total. The number of benzene rings is 3. The molecular formula is C22H17ClN2O2. The fraction of sp³-hybridized carbons (Fsp3) is 0.0909. The molecule has 0 saturated heterocycles. The lowest BCUT2D eigenvalue weighted by molar-refractivity contribution is 0.0954. The Morgan fingerprint density at radius 3 is 2.44 bits per heavy atom. The summed E-state index contributed by atoms with van der Waals surface area (Å²) in [7, 11) is 0. The molecule has 0 saturated carbocycles. The number of hydrazone groups is 1. The molecule has 134 valence electrons. The molecule has 0 fully saturated rings. The van der Waals surface area contributed by atoms with E-state index in [2.05, 4.69) is 10.5 Å². The molecule has 5 heteroatoms. The summed E-state index contributed by atoms with van der Waals surface area (Å²) in [5, 5.41) is 4.99. The van der Waals surface area contributed by atoms with Gasteiger partial charge in [0.05, 0.1) is 5.71 Å². The van der Waals surface area contributed by atoms with Crippen molar-refractivity contribution in [3.63, 3.8) is 0 Å². The van der Waals surface area contributed by atoms with Gasteiger partial charge in [-0.1, -0.05) is 54.1 Å². The lowest BCUT2D eigenvalue weighted by Crippen LogP contribution is -2.25. The predicted octanol–water partition coefficient (Wildman–Crippen LogP) is 5.00. The maximum absolute atomic E-state index is 12.4. The fourth-order valence-electron chi connectivity index (χ4n) is 3.03. The molecule has 1 heterocycles. The van der Waals surface area contributed by atoms with Crippen molar-refractivity contribution in [2.24, 2.45) is 5.10 Å². The van der Waals surface area contributed by atoms with Gasteiger partial charge in [-0.15, -0.1) is 0 Å². The van der Waals surface area contributed by atoms with E-state index in [0.717, 1.165) is 22.6 Å². The highest BCUT2D eigenvalue weighted by atomic mass is 35.5. The molecule has 0 aliphatic carbocycles. The molecule has 3 aromatic rings. The standard InChI is InChI=1S/C22H17ClN2O2/c23-17-12-10-16(11-13-17)22(26)25-24-19-14-21(15-6-2-1-3-7-15)27-20-9-5-4-8-18(19)20/h1-13,21H,14H2,(H,25,26). The van der Waals surface area contributed by atoms with Gasteiger partial charge in [-0.05, 0) is 42.0 Å². The minimum absolute atomic E-state index is 0.146. The Labute approximate surface area is 162 Å². The van der Waals surface area contributed by atoms with E-state index in [9.17, 15) is 4.79 Å². The Bertz CT molecular complexity index is 985. The zero-order valence-electron chi connectivity index (χ0n) is 14.4. The van der Waals surface area contributed by atoms with Crippen molar-refractivity contribution >= 4 is 23.2 Å². The van der Waals surface area contributed by atoms with Crippen LogP contribution < -0.4 is 10.2 Å². The number of amides is 1. The number of halogens is 1. The SMILES string of the molecule is O=C(NN=C1CC(c2ccccc2)Oc2ccccc21)c1ccc(Cl)cc1. The van der Waals surface area contributed by atoms with E-state index in [-0.39, 0.29) is 12.0 Å². The van der Waals surface area contributed by atoms with Crippen LogP contribution >= 0.6 is 11.6 Å². The molecule has 0 bridgehead atoms. The number of rotatable bonds is 3. The summed E-state index contributed by atoms with van der Waals surface area (Å²) < 4.78 is 6.14. The highest BCUT2D eigenvalue weighted by Crippen LogP contribution is 2.34. The van der Waals surface area contributed by atoms with Gasteiger partial charge in [0.2, 0.25) is 0 Å². The fourth-order valence-corrected chi connectivity index (χ4v) is 3.16. The molecule has 0 aromatic heterocycles. The number of hydrogen-bond acceptors (Lipinski definition) is 3. The number of fused-ring (bicyclic) bond motifs is 1. The summed E-state index contributed by atoms with van der Waals surface area (Å²) in [5.41, 5.74) is 5.90. The van der Waals surface area contributed by atoms with Crippen LogP contribution in [0.15, 0.2) is 84.0 Å². The average Bonchev–Trinajstić information content (AvgIpc) is 2.72. The Balaban J connectivity index is 1.61. The number of carbonyl (C=O) groups is 1. The average molecular weight is 377 g/mol. The zero-order chi connectivity index (χ0) is 18.6. The normalized spacial score (nSPS) is 17.1. The van der Waals surface area contributed by atoms with Crippen LogP contribution in [0.3, 0.4) is 0 Å². The molecule has 4 rings (SSSR count). The third-order valence-electron chi connectivity index (χ3n) is 4.42. The minimum atomic E-state index is -0.278. The number of nitrogens with zero attached hydrogens (tertiary/aromatic N) is 1. The summed E-state index contributed by atoms with van der Waals surface area (Å²) >= 11 is 5.87. The quantitative estimate of drug-likeness (QED) is 0.654. The lowest BCUT2D eigenvalue weighted by atomic mass is 9.96. The second kappa shape index (κ2) is 7.64. The molecule has 1 unspecified atom stereocenters. The van der Waals surface area contributed by atoms with E-state index in [4.69, 9.17) is 16.3 Å². The van der Waals surface area contributed by atoms with Gasteiger partial charge in [0.15, 0.2) is 0 Å². The zero-order valence-corrected chi connectivity index (χ0v) is 15.2. The van der Waals surface area contributed by atoms with Gasteiger partial charge >= 0.3 is 0 Å². The molecule has 1 aliphatic heterocycles. The van der Waals surface area contributed by atoms with E-state index < -0.39 is 0 Å². The van der Waals surface area contributed by atoms with Gasteiger partial charge < -0.3 is 4.74 Å². The first kappa shape index (κ1) is 17.3. The van der Waals surface area contributed by atoms with E-state index in [1.165, 1.54) is 0 Å². The molecule has 27 heavy (non-hydrogen) atoms. The van der Waals surface area contributed by atoms with Crippen LogP contribution in [0.2, 0.25) is 5.02 Å². The maximum Gasteiger partial charge on any atom is 0.271 e. The number of para-hydroxylation sites is 1. The smallest absolute Gasteiger partial charge is 0.271 e. The van der Waals surface area contributed by atoms with Gasteiger partial charge in [0, 0.05) is 22.6 Å². The first-order valence-corrected chi connectivity index (χ1v) is 9.02. The molecule has 1 atom stereocenters. The number of hydrogen-bond donors (Lipinski definition) is 1. The van der Waals surface area contributed by atoms with Crippen LogP contribution in [0.5, 0.6) is 5.75 Å². The molecule has 4 nitrogen and oxygen atoms in total. The van der Waals surface area contributed by atoms with E-state index in [1.807, 2.05) is 54.6 Å². The predicted molar refractivity (Wildman–Crippen MR) is 106 cm³/mol. The van der Waals surface area contributed by atoms with Crippen molar-refractivity contribution in [2.75, 3.05) is 0 Å². The molecule has 3 aromatic carbocycles. The van der Waals surface area contributed by atoms with Gasteiger partial charge in [0.25, 0.3) is 5.91 Å². The third kappa shape index (κ3) is 3.86. The Kier molecular flexibility index (Phi) is 4.90. The third-order valence-corrected chi connectivity index (χ3v) is 4.67. The lowest BCUT2D eigenvalue weighted by Gasteiger charge is -2.27. The molecule has 0 spiro atoms. The highest BCUT2D eigenvalue weighted by Gasteiger charge is 2.26. The minimum Gasteiger partial charge on any atom is -0.485 e. The summed E-state index contributed by atoms with van der Waals surface area (Å²) in [6.07, 6.45) is 0.425. The molecular weight excluding hydrogens is 360 g/mol. The number of ether oxygens (including phenoxy) is 1. The Morgan fingerprint density at radius 2 is 1.67 bits per heavy atom. The van der Waals surface area contributed by atoms with Crippen LogP contribution in [0.1, 0.15) is 34.0 Å². The second-order valence-corrected chi connectivity index (χ2v) is 6.66. The van der Waals surface area contributed by atoms with Gasteiger partial charge in [-0.3, -0.25) is 4.79 Å². The van der Waals surface area contributed by atoms with Crippen molar-refractivity contribution in [3.05, 3.63) is 101 Å².